The van der Waals surface area contributed by atoms with Crippen molar-refractivity contribution < 1.29 is 9.53 Å². The van der Waals surface area contributed by atoms with Crippen LogP contribution in [-0.4, -0.2) is 51.9 Å². The van der Waals surface area contributed by atoms with Gasteiger partial charge in [0.15, 0.2) is 0 Å². The number of carbonyl (C=O) groups is 1. The first-order chi connectivity index (χ1) is 15.3. The predicted molar refractivity (Wildman–Crippen MR) is 120 cm³/mol. The van der Waals surface area contributed by atoms with E-state index in [1.807, 2.05) is 59.5 Å². The number of hydrogen-bond acceptors (Lipinski definition) is 5. The number of nitrogens with one attached hydrogen (secondary N) is 1. The third-order valence-electron chi connectivity index (χ3n) is 5.44. The standard InChI is InChI=1S/C24H23N5O2/c30-23(19-8-1-4-11-22(19)31-18-7-5-12-25-17-18)28-13-6-14-29(16-15-28)24-26-20-9-2-3-10-21(20)27-24/h1-5,7-12,17H,6,13-16H2,(H,26,27). The van der Waals surface area contributed by atoms with Crippen LogP contribution in [0.25, 0.3) is 11.0 Å². The van der Waals surface area contributed by atoms with Gasteiger partial charge in [-0.2, -0.15) is 0 Å². The number of carbonyl (C=O) groups excluding carboxylic acids is 1. The highest BCUT2D eigenvalue weighted by molar-refractivity contribution is 5.97. The zero-order chi connectivity index (χ0) is 21.0. The number of imidazole rings is 1. The summed E-state index contributed by atoms with van der Waals surface area (Å²) in [6.07, 6.45) is 4.20. The van der Waals surface area contributed by atoms with Crippen molar-refractivity contribution in [2.24, 2.45) is 0 Å². The zero-order valence-corrected chi connectivity index (χ0v) is 17.1. The molecule has 3 heterocycles. The summed E-state index contributed by atoms with van der Waals surface area (Å²) in [5.41, 5.74) is 2.54. The van der Waals surface area contributed by atoms with Crippen molar-refractivity contribution in [3.63, 3.8) is 0 Å². The Bertz CT molecular complexity index is 1160. The monoisotopic (exact) mass is 413 g/mol. The number of rotatable bonds is 4. The Balaban J connectivity index is 1.32. The summed E-state index contributed by atoms with van der Waals surface area (Å²) in [5, 5.41) is 0. The van der Waals surface area contributed by atoms with Crippen LogP contribution < -0.4 is 9.64 Å². The smallest absolute Gasteiger partial charge is 0.257 e. The molecule has 7 heteroatoms. The van der Waals surface area contributed by atoms with E-state index in [0.717, 1.165) is 36.5 Å². The van der Waals surface area contributed by atoms with Crippen LogP contribution in [-0.2, 0) is 0 Å². The minimum Gasteiger partial charge on any atom is -0.455 e. The molecule has 0 bridgehead atoms. The minimum absolute atomic E-state index is 0.0223. The molecule has 0 aliphatic carbocycles. The number of para-hydroxylation sites is 3. The second-order valence-electron chi connectivity index (χ2n) is 7.50. The number of H-pyrrole nitrogens is 1. The molecule has 2 aromatic heterocycles. The normalized spacial score (nSPS) is 14.5. The number of nitrogens with zero attached hydrogens (tertiary/aromatic N) is 4. The van der Waals surface area contributed by atoms with E-state index in [9.17, 15) is 4.79 Å². The number of amides is 1. The lowest BCUT2D eigenvalue weighted by atomic mass is 10.1. The van der Waals surface area contributed by atoms with E-state index in [2.05, 4.69) is 14.9 Å². The number of anilines is 1. The molecule has 0 atom stereocenters. The third-order valence-corrected chi connectivity index (χ3v) is 5.44. The first-order valence-electron chi connectivity index (χ1n) is 10.4. The molecule has 1 aliphatic heterocycles. The molecule has 0 saturated carbocycles. The van der Waals surface area contributed by atoms with Gasteiger partial charge >= 0.3 is 0 Å². The number of aromatic amines is 1. The molecular formula is C24H23N5O2. The summed E-state index contributed by atoms with van der Waals surface area (Å²) in [6, 6.07) is 19.0. The minimum atomic E-state index is -0.0223. The van der Waals surface area contributed by atoms with Crippen LogP contribution in [0, 0.1) is 0 Å². The Labute approximate surface area is 180 Å². The summed E-state index contributed by atoms with van der Waals surface area (Å²) in [5.74, 6) is 1.98. The maximum atomic E-state index is 13.3. The van der Waals surface area contributed by atoms with Crippen molar-refractivity contribution in [1.29, 1.82) is 0 Å². The molecule has 1 aliphatic rings. The Kier molecular flexibility index (Phi) is 5.22. The van der Waals surface area contributed by atoms with E-state index in [0.29, 0.717) is 30.2 Å². The van der Waals surface area contributed by atoms with Gasteiger partial charge < -0.3 is 19.5 Å². The number of fused-ring (bicyclic) bond motifs is 1. The van der Waals surface area contributed by atoms with E-state index < -0.39 is 0 Å². The second kappa shape index (κ2) is 8.47. The molecule has 4 aromatic rings. The van der Waals surface area contributed by atoms with E-state index in [1.165, 1.54) is 0 Å². The van der Waals surface area contributed by atoms with Crippen molar-refractivity contribution in [3.05, 3.63) is 78.6 Å². The van der Waals surface area contributed by atoms with Crippen molar-refractivity contribution in [2.75, 3.05) is 31.1 Å². The molecule has 156 valence electrons. The van der Waals surface area contributed by atoms with Crippen molar-refractivity contribution in [3.8, 4) is 11.5 Å². The lowest BCUT2D eigenvalue weighted by Crippen LogP contribution is -2.35. The van der Waals surface area contributed by atoms with Crippen LogP contribution in [0.5, 0.6) is 11.5 Å². The van der Waals surface area contributed by atoms with Gasteiger partial charge in [0, 0.05) is 32.4 Å². The van der Waals surface area contributed by atoms with Crippen molar-refractivity contribution in [2.45, 2.75) is 6.42 Å². The summed E-state index contributed by atoms with van der Waals surface area (Å²) < 4.78 is 5.94. The van der Waals surface area contributed by atoms with Gasteiger partial charge in [-0.25, -0.2) is 4.98 Å². The Morgan fingerprint density at radius 2 is 1.81 bits per heavy atom. The fourth-order valence-electron chi connectivity index (χ4n) is 3.86. The molecule has 1 amide bonds. The number of pyridine rings is 1. The zero-order valence-electron chi connectivity index (χ0n) is 17.1. The van der Waals surface area contributed by atoms with E-state index in [4.69, 9.17) is 9.72 Å². The van der Waals surface area contributed by atoms with Gasteiger partial charge in [-0.1, -0.05) is 24.3 Å². The molecule has 1 N–H and O–H groups in total. The fraction of sp³-hybridized carbons (Fsp3) is 0.208. The molecule has 0 spiro atoms. The predicted octanol–water partition coefficient (Wildman–Crippen LogP) is 4.10. The molecule has 7 nitrogen and oxygen atoms in total. The quantitative estimate of drug-likeness (QED) is 0.545. The van der Waals surface area contributed by atoms with E-state index >= 15 is 0 Å². The van der Waals surface area contributed by atoms with Crippen LogP contribution in [0.2, 0.25) is 0 Å². The molecule has 31 heavy (non-hydrogen) atoms. The number of benzene rings is 2. The summed E-state index contributed by atoms with van der Waals surface area (Å²) in [4.78, 5) is 29.6. The van der Waals surface area contributed by atoms with Crippen LogP contribution in [0.4, 0.5) is 5.95 Å². The third kappa shape index (κ3) is 4.07. The highest BCUT2D eigenvalue weighted by atomic mass is 16.5. The van der Waals surface area contributed by atoms with Crippen LogP contribution >= 0.6 is 0 Å². The lowest BCUT2D eigenvalue weighted by molar-refractivity contribution is 0.0764. The van der Waals surface area contributed by atoms with Crippen LogP contribution in [0.1, 0.15) is 16.8 Å². The highest BCUT2D eigenvalue weighted by Gasteiger charge is 2.24. The molecule has 0 radical (unpaired) electrons. The average Bonchev–Trinajstić information content (AvgIpc) is 3.09. The summed E-state index contributed by atoms with van der Waals surface area (Å²) in [6.45, 7) is 2.88. The maximum absolute atomic E-state index is 13.3. The van der Waals surface area contributed by atoms with Gasteiger partial charge in [0.2, 0.25) is 5.95 Å². The molecule has 2 aromatic carbocycles. The van der Waals surface area contributed by atoms with Crippen LogP contribution in [0.15, 0.2) is 73.1 Å². The molecule has 1 fully saturated rings. The van der Waals surface area contributed by atoms with E-state index in [-0.39, 0.29) is 5.91 Å². The number of ether oxygens (including phenoxy) is 1. The van der Waals surface area contributed by atoms with Crippen molar-refractivity contribution in [1.82, 2.24) is 19.9 Å². The van der Waals surface area contributed by atoms with Gasteiger partial charge in [-0.05, 0) is 42.8 Å². The SMILES string of the molecule is O=C(c1ccccc1Oc1cccnc1)N1CCCN(c2nc3ccccc3[nH]2)CC1. The largest absolute Gasteiger partial charge is 0.455 e. The summed E-state index contributed by atoms with van der Waals surface area (Å²) in [7, 11) is 0. The number of hydrogen-bond donors (Lipinski definition) is 1. The van der Waals surface area contributed by atoms with Gasteiger partial charge in [0.05, 0.1) is 22.8 Å². The molecule has 0 unspecified atom stereocenters. The topological polar surface area (TPSA) is 74.3 Å². The maximum Gasteiger partial charge on any atom is 0.257 e. The van der Waals surface area contributed by atoms with Crippen LogP contribution in [0.3, 0.4) is 0 Å². The molecule has 5 rings (SSSR count). The summed E-state index contributed by atoms with van der Waals surface area (Å²) >= 11 is 0. The van der Waals surface area contributed by atoms with Gasteiger partial charge in [0.1, 0.15) is 11.5 Å². The Morgan fingerprint density at radius 3 is 2.68 bits per heavy atom. The fourth-order valence-corrected chi connectivity index (χ4v) is 3.86. The van der Waals surface area contributed by atoms with Gasteiger partial charge in [-0.15, -0.1) is 0 Å². The first-order valence-corrected chi connectivity index (χ1v) is 10.4. The number of aromatic nitrogens is 3. The second-order valence-corrected chi connectivity index (χ2v) is 7.50. The van der Waals surface area contributed by atoms with Gasteiger partial charge in [0.25, 0.3) is 5.91 Å². The van der Waals surface area contributed by atoms with E-state index in [1.54, 1.807) is 18.5 Å². The van der Waals surface area contributed by atoms with Gasteiger partial charge in [-0.3, -0.25) is 9.78 Å². The average molecular weight is 413 g/mol. The Morgan fingerprint density at radius 1 is 0.935 bits per heavy atom. The Hall–Kier alpha value is -3.87. The first kappa shape index (κ1) is 19.1. The molecule has 1 saturated heterocycles. The molecular weight excluding hydrogens is 390 g/mol. The van der Waals surface area contributed by atoms with Crippen molar-refractivity contribution >= 4 is 22.9 Å². The highest BCUT2D eigenvalue weighted by Crippen LogP contribution is 2.26. The lowest BCUT2D eigenvalue weighted by Gasteiger charge is -2.22.